The van der Waals surface area contributed by atoms with Crippen molar-refractivity contribution in [2.75, 3.05) is 13.6 Å². The fraction of sp³-hybridized carbons (Fsp3) is 0.500. The molecule has 0 amide bonds. The van der Waals surface area contributed by atoms with E-state index in [0.717, 1.165) is 17.8 Å². The molecule has 0 fully saturated rings. The Morgan fingerprint density at radius 2 is 2.39 bits per heavy atom. The lowest BCUT2D eigenvalue weighted by atomic mass is 10.3. The van der Waals surface area contributed by atoms with Crippen LogP contribution in [0.3, 0.4) is 0 Å². The molecule has 0 aliphatic heterocycles. The van der Waals surface area contributed by atoms with Gasteiger partial charge >= 0.3 is 0 Å². The van der Waals surface area contributed by atoms with E-state index in [2.05, 4.69) is 15.0 Å². The van der Waals surface area contributed by atoms with E-state index in [4.69, 9.17) is 4.52 Å². The van der Waals surface area contributed by atoms with Crippen LogP contribution in [0.5, 0.6) is 0 Å². The smallest absolute Gasteiger partial charge is 0.268 e. The lowest BCUT2D eigenvalue weighted by Crippen LogP contribution is -2.22. The summed E-state index contributed by atoms with van der Waals surface area (Å²) in [4.78, 5) is 7.40. The van der Waals surface area contributed by atoms with Gasteiger partial charge in [0.2, 0.25) is 0 Å². The highest BCUT2D eigenvalue weighted by molar-refractivity contribution is 7.13. The highest BCUT2D eigenvalue weighted by Crippen LogP contribution is 2.22. The van der Waals surface area contributed by atoms with Gasteiger partial charge < -0.3 is 9.63 Å². The molecule has 98 valence electrons. The van der Waals surface area contributed by atoms with Gasteiger partial charge in [0.05, 0.1) is 17.5 Å². The van der Waals surface area contributed by atoms with Crippen molar-refractivity contribution in [2.45, 2.75) is 26.0 Å². The van der Waals surface area contributed by atoms with Gasteiger partial charge in [-0.1, -0.05) is 11.2 Å². The van der Waals surface area contributed by atoms with Gasteiger partial charge in [0.1, 0.15) is 0 Å². The minimum atomic E-state index is -0.278. The molecule has 1 N–H and O–H groups in total. The zero-order valence-electron chi connectivity index (χ0n) is 10.5. The summed E-state index contributed by atoms with van der Waals surface area (Å²) in [6.45, 7) is 3.22. The molecule has 0 saturated heterocycles. The molecule has 0 aliphatic rings. The van der Waals surface area contributed by atoms with Gasteiger partial charge in [-0.3, -0.25) is 4.90 Å². The quantitative estimate of drug-likeness (QED) is 0.867. The van der Waals surface area contributed by atoms with Crippen LogP contribution >= 0.6 is 11.3 Å². The number of hydrogen-bond donors (Lipinski definition) is 1. The first-order chi connectivity index (χ1) is 8.65. The Labute approximate surface area is 110 Å². The Hall–Kier alpha value is -1.24. The summed E-state index contributed by atoms with van der Waals surface area (Å²) in [6.07, 6.45) is 0.464. The molecular weight excluding hydrogens is 250 g/mol. The normalized spacial score (nSPS) is 13.1. The van der Waals surface area contributed by atoms with Crippen molar-refractivity contribution in [1.29, 1.82) is 0 Å². The topological polar surface area (TPSA) is 62.4 Å². The second-order valence-electron chi connectivity index (χ2n) is 4.37. The Morgan fingerprint density at radius 1 is 1.56 bits per heavy atom. The number of aliphatic hydroxyl groups excluding tert-OH is 1. The number of aromatic nitrogens is 2. The molecule has 2 aromatic rings. The van der Waals surface area contributed by atoms with Crippen LogP contribution < -0.4 is 0 Å². The third kappa shape index (κ3) is 3.63. The Morgan fingerprint density at radius 3 is 3.06 bits per heavy atom. The van der Waals surface area contributed by atoms with Gasteiger partial charge in [-0.05, 0) is 31.8 Å². The summed E-state index contributed by atoms with van der Waals surface area (Å²) in [5.41, 5.74) is 0. The second kappa shape index (κ2) is 6.08. The summed E-state index contributed by atoms with van der Waals surface area (Å²) in [7, 11) is 1.98. The first-order valence-corrected chi connectivity index (χ1v) is 6.76. The maximum absolute atomic E-state index is 9.22. The van der Waals surface area contributed by atoms with Crippen LogP contribution in [0.1, 0.15) is 19.2 Å². The van der Waals surface area contributed by atoms with Crippen molar-refractivity contribution >= 4 is 11.3 Å². The zero-order chi connectivity index (χ0) is 13.0. The summed E-state index contributed by atoms with van der Waals surface area (Å²) in [6, 6.07) is 3.91. The van der Waals surface area contributed by atoms with E-state index in [9.17, 15) is 5.11 Å². The standard InChI is InChI=1S/C12H17N3O2S/c1-9(16)5-6-15(2)8-11-13-12(17-14-11)10-4-3-7-18-10/h3-4,7,9,16H,5-6,8H2,1-2H3. The fourth-order valence-corrected chi connectivity index (χ4v) is 2.19. The number of thiophene rings is 1. The average molecular weight is 267 g/mol. The summed E-state index contributed by atoms with van der Waals surface area (Å²) in [5, 5.41) is 15.2. The van der Waals surface area contributed by atoms with Gasteiger partial charge in [-0.2, -0.15) is 4.98 Å². The predicted molar refractivity (Wildman–Crippen MR) is 70.2 cm³/mol. The van der Waals surface area contributed by atoms with Crippen molar-refractivity contribution in [1.82, 2.24) is 15.0 Å². The lowest BCUT2D eigenvalue weighted by Gasteiger charge is -2.14. The molecule has 0 aromatic carbocycles. The zero-order valence-corrected chi connectivity index (χ0v) is 11.4. The van der Waals surface area contributed by atoms with E-state index in [1.165, 1.54) is 0 Å². The molecule has 2 rings (SSSR count). The van der Waals surface area contributed by atoms with Crippen molar-refractivity contribution in [3.63, 3.8) is 0 Å². The van der Waals surface area contributed by atoms with Crippen molar-refractivity contribution in [2.24, 2.45) is 0 Å². The van der Waals surface area contributed by atoms with Crippen LogP contribution in [0.25, 0.3) is 10.8 Å². The minimum absolute atomic E-state index is 0.278. The van der Waals surface area contributed by atoms with E-state index in [0.29, 0.717) is 18.3 Å². The van der Waals surface area contributed by atoms with Crippen molar-refractivity contribution in [3.8, 4) is 10.8 Å². The van der Waals surface area contributed by atoms with Crippen LogP contribution in [0.2, 0.25) is 0 Å². The van der Waals surface area contributed by atoms with E-state index in [1.807, 2.05) is 24.6 Å². The van der Waals surface area contributed by atoms with Gasteiger partial charge in [-0.25, -0.2) is 0 Å². The van der Waals surface area contributed by atoms with Crippen LogP contribution in [-0.4, -0.2) is 39.8 Å². The Bertz CT molecular complexity index is 467. The van der Waals surface area contributed by atoms with Gasteiger partial charge in [0.15, 0.2) is 5.82 Å². The van der Waals surface area contributed by atoms with Crippen LogP contribution in [0.4, 0.5) is 0 Å². The van der Waals surface area contributed by atoms with E-state index >= 15 is 0 Å². The van der Waals surface area contributed by atoms with E-state index in [-0.39, 0.29) is 6.10 Å². The second-order valence-corrected chi connectivity index (χ2v) is 5.32. The maximum atomic E-state index is 9.22. The highest BCUT2D eigenvalue weighted by Gasteiger charge is 2.11. The Balaban J connectivity index is 1.90. The fourth-order valence-electron chi connectivity index (χ4n) is 1.55. The van der Waals surface area contributed by atoms with Crippen molar-refractivity contribution < 1.29 is 9.63 Å². The predicted octanol–water partition coefficient (Wildman–Crippen LogP) is 2.00. The monoisotopic (exact) mass is 267 g/mol. The molecule has 1 atom stereocenters. The van der Waals surface area contributed by atoms with Crippen LogP contribution in [-0.2, 0) is 6.54 Å². The Kier molecular flexibility index (Phi) is 4.46. The number of rotatable bonds is 6. The van der Waals surface area contributed by atoms with Gasteiger partial charge in [-0.15, -0.1) is 11.3 Å². The molecule has 0 saturated carbocycles. The first-order valence-electron chi connectivity index (χ1n) is 5.88. The molecule has 1 unspecified atom stereocenters. The van der Waals surface area contributed by atoms with Gasteiger partial charge in [0.25, 0.3) is 5.89 Å². The largest absolute Gasteiger partial charge is 0.393 e. The molecule has 0 bridgehead atoms. The first kappa shape index (κ1) is 13.2. The summed E-state index contributed by atoms with van der Waals surface area (Å²) in [5.74, 6) is 1.25. The number of aliphatic hydroxyl groups is 1. The van der Waals surface area contributed by atoms with Gasteiger partial charge in [0, 0.05) is 6.54 Å². The molecule has 0 aliphatic carbocycles. The number of hydrogen-bond acceptors (Lipinski definition) is 6. The molecule has 0 radical (unpaired) electrons. The lowest BCUT2D eigenvalue weighted by molar-refractivity contribution is 0.161. The van der Waals surface area contributed by atoms with E-state index in [1.54, 1.807) is 18.3 Å². The summed E-state index contributed by atoms with van der Waals surface area (Å²) >= 11 is 1.58. The summed E-state index contributed by atoms with van der Waals surface area (Å²) < 4.78 is 5.21. The molecule has 5 nitrogen and oxygen atoms in total. The molecular formula is C12H17N3O2S. The third-order valence-electron chi connectivity index (χ3n) is 2.54. The number of nitrogens with zero attached hydrogens (tertiary/aromatic N) is 3. The molecule has 2 heterocycles. The molecule has 6 heteroatoms. The molecule has 2 aromatic heterocycles. The SMILES string of the molecule is CC(O)CCN(C)Cc1noc(-c2cccs2)n1. The third-order valence-corrected chi connectivity index (χ3v) is 3.40. The van der Waals surface area contributed by atoms with Crippen LogP contribution in [0, 0.1) is 0 Å². The molecule has 0 spiro atoms. The maximum Gasteiger partial charge on any atom is 0.268 e. The average Bonchev–Trinajstić information content (AvgIpc) is 2.95. The van der Waals surface area contributed by atoms with Crippen molar-refractivity contribution in [3.05, 3.63) is 23.3 Å². The highest BCUT2D eigenvalue weighted by atomic mass is 32.1. The van der Waals surface area contributed by atoms with Crippen LogP contribution in [0.15, 0.2) is 22.0 Å². The van der Waals surface area contributed by atoms with E-state index < -0.39 is 0 Å². The molecule has 18 heavy (non-hydrogen) atoms. The minimum Gasteiger partial charge on any atom is -0.393 e.